The molecule has 0 amide bonds. The molecular weight excluding hydrogens is 238 g/mol. The third kappa shape index (κ3) is 2.71. The van der Waals surface area contributed by atoms with Crippen LogP contribution in [0, 0.1) is 18.6 Å². The third-order valence-corrected chi connectivity index (χ3v) is 2.40. The predicted molar refractivity (Wildman–Crippen MR) is 63.0 cm³/mol. The number of carbonyl (C=O) groups excluding carboxylic acids is 1. The molecule has 0 N–H and O–H groups in total. The van der Waals surface area contributed by atoms with E-state index < -0.39 is 11.6 Å². The van der Waals surface area contributed by atoms with Crippen LogP contribution in [0.3, 0.4) is 0 Å². The SMILES string of the molecule is Cc1cc(C=O)ccc1Oc1cc(F)cc(F)c1. The summed E-state index contributed by atoms with van der Waals surface area (Å²) in [5.41, 5.74) is 1.23. The maximum Gasteiger partial charge on any atom is 0.150 e. The van der Waals surface area contributed by atoms with Crippen molar-refractivity contribution >= 4 is 6.29 Å². The molecule has 0 unspecified atom stereocenters. The topological polar surface area (TPSA) is 26.3 Å². The zero-order valence-electron chi connectivity index (χ0n) is 9.61. The molecule has 0 bridgehead atoms. The van der Waals surface area contributed by atoms with Crippen molar-refractivity contribution in [2.75, 3.05) is 0 Å². The highest BCUT2D eigenvalue weighted by atomic mass is 19.1. The van der Waals surface area contributed by atoms with Gasteiger partial charge in [-0.2, -0.15) is 0 Å². The van der Waals surface area contributed by atoms with Crippen LogP contribution in [0.5, 0.6) is 11.5 Å². The van der Waals surface area contributed by atoms with Crippen molar-refractivity contribution in [2.45, 2.75) is 6.92 Å². The molecule has 2 aromatic carbocycles. The fraction of sp³-hybridized carbons (Fsp3) is 0.0714. The number of ether oxygens (including phenoxy) is 1. The van der Waals surface area contributed by atoms with Crippen LogP contribution in [-0.4, -0.2) is 6.29 Å². The molecule has 2 aromatic rings. The second-order valence-electron chi connectivity index (χ2n) is 3.85. The number of hydrogen-bond donors (Lipinski definition) is 0. The maximum absolute atomic E-state index is 13.0. The van der Waals surface area contributed by atoms with Gasteiger partial charge < -0.3 is 4.74 Å². The highest BCUT2D eigenvalue weighted by Crippen LogP contribution is 2.26. The van der Waals surface area contributed by atoms with Crippen molar-refractivity contribution in [3.63, 3.8) is 0 Å². The monoisotopic (exact) mass is 248 g/mol. The molecule has 0 spiro atoms. The molecule has 0 aliphatic rings. The second kappa shape index (κ2) is 4.96. The normalized spacial score (nSPS) is 10.2. The summed E-state index contributed by atoms with van der Waals surface area (Å²) in [6.45, 7) is 1.75. The zero-order valence-corrected chi connectivity index (χ0v) is 9.61. The summed E-state index contributed by atoms with van der Waals surface area (Å²) in [7, 11) is 0. The molecule has 4 heteroatoms. The van der Waals surface area contributed by atoms with E-state index in [0.717, 1.165) is 24.5 Å². The molecule has 2 rings (SSSR count). The fourth-order valence-electron chi connectivity index (χ4n) is 1.57. The first-order chi connectivity index (χ1) is 8.58. The molecule has 0 fully saturated rings. The van der Waals surface area contributed by atoms with E-state index in [-0.39, 0.29) is 5.75 Å². The summed E-state index contributed by atoms with van der Waals surface area (Å²) in [6, 6.07) is 7.76. The zero-order chi connectivity index (χ0) is 13.1. The molecule has 0 atom stereocenters. The van der Waals surface area contributed by atoms with E-state index in [9.17, 15) is 13.6 Å². The average Bonchev–Trinajstić information content (AvgIpc) is 2.30. The summed E-state index contributed by atoms with van der Waals surface area (Å²) in [5.74, 6) is -0.876. The summed E-state index contributed by atoms with van der Waals surface area (Å²) in [5, 5.41) is 0. The van der Waals surface area contributed by atoms with Gasteiger partial charge in [-0.1, -0.05) is 0 Å². The summed E-state index contributed by atoms with van der Waals surface area (Å²) in [4.78, 5) is 10.6. The molecule has 92 valence electrons. The molecular formula is C14H10F2O2. The summed E-state index contributed by atoms with van der Waals surface area (Å²) in [6.07, 6.45) is 0.721. The van der Waals surface area contributed by atoms with Gasteiger partial charge in [0.05, 0.1) is 0 Å². The van der Waals surface area contributed by atoms with Crippen LogP contribution in [0.2, 0.25) is 0 Å². The van der Waals surface area contributed by atoms with Crippen molar-refractivity contribution in [1.82, 2.24) is 0 Å². The first-order valence-corrected chi connectivity index (χ1v) is 5.28. The molecule has 2 nitrogen and oxygen atoms in total. The highest BCUT2D eigenvalue weighted by Gasteiger charge is 2.05. The first-order valence-electron chi connectivity index (χ1n) is 5.28. The number of aldehydes is 1. The van der Waals surface area contributed by atoms with Gasteiger partial charge in [0.1, 0.15) is 29.4 Å². The van der Waals surface area contributed by atoms with Crippen LogP contribution in [-0.2, 0) is 0 Å². The Morgan fingerprint density at radius 1 is 1.06 bits per heavy atom. The molecule has 0 heterocycles. The number of carbonyl (C=O) groups is 1. The van der Waals surface area contributed by atoms with Crippen LogP contribution in [0.15, 0.2) is 36.4 Å². The predicted octanol–water partition coefficient (Wildman–Crippen LogP) is 3.88. The maximum atomic E-state index is 13.0. The fourth-order valence-corrected chi connectivity index (χ4v) is 1.57. The standard InChI is InChI=1S/C14H10F2O2/c1-9-4-10(8-17)2-3-14(9)18-13-6-11(15)5-12(16)7-13/h2-8H,1H3. The van der Waals surface area contributed by atoms with Crippen LogP contribution in [0.25, 0.3) is 0 Å². The van der Waals surface area contributed by atoms with Gasteiger partial charge in [0.2, 0.25) is 0 Å². The van der Waals surface area contributed by atoms with Crippen LogP contribution < -0.4 is 4.74 Å². The van der Waals surface area contributed by atoms with Crippen LogP contribution in [0.1, 0.15) is 15.9 Å². The van der Waals surface area contributed by atoms with Gasteiger partial charge in [-0.25, -0.2) is 8.78 Å². The van der Waals surface area contributed by atoms with Crippen molar-refractivity contribution in [1.29, 1.82) is 0 Å². The van der Waals surface area contributed by atoms with E-state index in [4.69, 9.17) is 4.74 Å². The Hall–Kier alpha value is -2.23. The molecule has 0 radical (unpaired) electrons. The quantitative estimate of drug-likeness (QED) is 0.770. The minimum Gasteiger partial charge on any atom is -0.457 e. The van der Waals surface area contributed by atoms with Crippen LogP contribution in [0.4, 0.5) is 8.78 Å². The molecule has 0 aliphatic carbocycles. The van der Waals surface area contributed by atoms with Gasteiger partial charge in [0, 0.05) is 23.8 Å². The average molecular weight is 248 g/mol. The largest absolute Gasteiger partial charge is 0.457 e. The number of hydrogen-bond acceptors (Lipinski definition) is 2. The molecule has 0 aromatic heterocycles. The van der Waals surface area contributed by atoms with Crippen molar-refractivity contribution < 1.29 is 18.3 Å². The smallest absolute Gasteiger partial charge is 0.150 e. The molecule has 18 heavy (non-hydrogen) atoms. The number of benzene rings is 2. The Kier molecular flexibility index (Phi) is 3.37. The molecule has 0 aliphatic heterocycles. The van der Waals surface area contributed by atoms with E-state index in [1.54, 1.807) is 25.1 Å². The lowest BCUT2D eigenvalue weighted by Gasteiger charge is -2.09. The van der Waals surface area contributed by atoms with Gasteiger partial charge in [-0.05, 0) is 30.7 Å². The lowest BCUT2D eigenvalue weighted by molar-refractivity contribution is 0.112. The minimum absolute atomic E-state index is 0.0782. The van der Waals surface area contributed by atoms with E-state index in [0.29, 0.717) is 16.9 Å². The summed E-state index contributed by atoms with van der Waals surface area (Å²) < 4.78 is 31.3. The highest BCUT2D eigenvalue weighted by molar-refractivity contribution is 5.75. The number of halogens is 2. The number of aryl methyl sites for hydroxylation is 1. The van der Waals surface area contributed by atoms with E-state index in [2.05, 4.69) is 0 Å². The number of rotatable bonds is 3. The Bertz CT molecular complexity index is 574. The Balaban J connectivity index is 2.31. The Morgan fingerprint density at radius 3 is 2.28 bits per heavy atom. The van der Waals surface area contributed by atoms with Gasteiger partial charge in [-0.15, -0.1) is 0 Å². The first kappa shape index (κ1) is 12.2. The van der Waals surface area contributed by atoms with Crippen molar-refractivity contribution in [3.8, 4) is 11.5 Å². The lowest BCUT2D eigenvalue weighted by atomic mass is 10.1. The van der Waals surface area contributed by atoms with Crippen molar-refractivity contribution in [3.05, 3.63) is 59.2 Å². The Labute approximate surface area is 103 Å². The summed E-state index contributed by atoms with van der Waals surface area (Å²) >= 11 is 0. The molecule has 0 saturated heterocycles. The van der Waals surface area contributed by atoms with E-state index >= 15 is 0 Å². The Morgan fingerprint density at radius 2 is 1.72 bits per heavy atom. The third-order valence-electron chi connectivity index (χ3n) is 2.40. The van der Waals surface area contributed by atoms with E-state index in [1.165, 1.54) is 0 Å². The molecule has 0 saturated carbocycles. The lowest BCUT2D eigenvalue weighted by Crippen LogP contribution is -1.91. The van der Waals surface area contributed by atoms with E-state index in [1.807, 2.05) is 0 Å². The van der Waals surface area contributed by atoms with Gasteiger partial charge >= 0.3 is 0 Å². The van der Waals surface area contributed by atoms with Gasteiger partial charge in [0.15, 0.2) is 0 Å². The minimum atomic E-state index is -0.702. The van der Waals surface area contributed by atoms with Gasteiger partial charge in [-0.3, -0.25) is 4.79 Å². The second-order valence-corrected chi connectivity index (χ2v) is 3.85. The van der Waals surface area contributed by atoms with Crippen LogP contribution >= 0.6 is 0 Å². The van der Waals surface area contributed by atoms with Gasteiger partial charge in [0.25, 0.3) is 0 Å². The van der Waals surface area contributed by atoms with Crippen molar-refractivity contribution in [2.24, 2.45) is 0 Å².